The zero-order valence-corrected chi connectivity index (χ0v) is 12.0. The van der Waals surface area contributed by atoms with Crippen LogP contribution >= 0.6 is 11.8 Å². The number of benzene rings is 1. The molecule has 0 aromatic heterocycles. The highest BCUT2D eigenvalue weighted by Crippen LogP contribution is 2.35. The minimum atomic E-state index is -0.106. The van der Waals surface area contributed by atoms with Crippen LogP contribution in [0.1, 0.15) is 43.4 Å². The predicted molar refractivity (Wildman–Crippen MR) is 77.7 cm³/mol. The van der Waals surface area contributed by atoms with Gasteiger partial charge in [0.05, 0.1) is 0 Å². The average Bonchev–Trinajstić information content (AvgIpc) is 2.40. The Kier molecular flexibility index (Phi) is 5.07. The Bertz CT molecular complexity index is 388. The van der Waals surface area contributed by atoms with E-state index < -0.39 is 0 Å². The summed E-state index contributed by atoms with van der Waals surface area (Å²) in [4.78, 5) is 0. The van der Waals surface area contributed by atoms with Gasteiger partial charge in [-0.25, -0.2) is 4.39 Å². The van der Waals surface area contributed by atoms with E-state index in [-0.39, 0.29) is 5.82 Å². The summed E-state index contributed by atoms with van der Waals surface area (Å²) in [5, 5.41) is 4.20. The van der Waals surface area contributed by atoms with Crippen LogP contribution in [0.25, 0.3) is 0 Å². The van der Waals surface area contributed by atoms with Gasteiger partial charge in [-0.15, -0.1) is 0 Å². The Hall–Kier alpha value is -0.540. The topological polar surface area (TPSA) is 12.0 Å². The molecule has 1 heterocycles. The first-order valence-corrected chi connectivity index (χ1v) is 7.88. The van der Waals surface area contributed by atoms with E-state index in [1.165, 1.54) is 30.6 Å². The second kappa shape index (κ2) is 6.58. The van der Waals surface area contributed by atoms with Crippen LogP contribution in [0.15, 0.2) is 18.2 Å². The fourth-order valence-corrected chi connectivity index (χ4v) is 4.03. The number of nitrogens with one attached hydrogen (secondary N) is 1. The molecule has 1 N–H and O–H groups in total. The summed E-state index contributed by atoms with van der Waals surface area (Å²) < 4.78 is 13.4. The maximum Gasteiger partial charge on any atom is 0.126 e. The maximum atomic E-state index is 13.4. The van der Waals surface area contributed by atoms with Gasteiger partial charge in [-0.1, -0.05) is 25.5 Å². The molecule has 0 amide bonds. The molecule has 1 aromatic carbocycles. The van der Waals surface area contributed by atoms with Gasteiger partial charge in [0.25, 0.3) is 0 Å². The van der Waals surface area contributed by atoms with E-state index in [1.807, 2.05) is 19.1 Å². The molecule has 0 radical (unpaired) electrons. The van der Waals surface area contributed by atoms with Crippen molar-refractivity contribution in [2.24, 2.45) is 0 Å². The Labute approximate surface area is 114 Å². The van der Waals surface area contributed by atoms with Gasteiger partial charge in [-0.3, -0.25) is 0 Å². The van der Waals surface area contributed by atoms with E-state index >= 15 is 0 Å². The van der Waals surface area contributed by atoms with Crippen LogP contribution in [0.2, 0.25) is 0 Å². The summed E-state index contributed by atoms with van der Waals surface area (Å²) in [6.07, 6.45) is 3.92. The number of hydrogen-bond donors (Lipinski definition) is 1. The maximum absolute atomic E-state index is 13.4. The summed E-state index contributed by atoms with van der Waals surface area (Å²) in [6, 6.07) is 5.89. The van der Waals surface area contributed by atoms with Crippen molar-refractivity contribution in [1.29, 1.82) is 0 Å². The number of hydrogen-bond acceptors (Lipinski definition) is 2. The Morgan fingerprint density at radius 1 is 1.44 bits per heavy atom. The lowest BCUT2D eigenvalue weighted by Crippen LogP contribution is -2.31. The lowest BCUT2D eigenvalue weighted by Gasteiger charge is -2.31. The van der Waals surface area contributed by atoms with E-state index in [0.29, 0.717) is 11.3 Å². The van der Waals surface area contributed by atoms with E-state index in [1.54, 1.807) is 6.07 Å². The standard InChI is InChI=1S/C15H22FNS/c1-3-17-15(14-6-4-5-9-18-14)12-7-8-13(16)11(2)10-12/h7-8,10,14-15,17H,3-6,9H2,1-2H3. The molecule has 2 rings (SSSR count). The molecule has 18 heavy (non-hydrogen) atoms. The smallest absolute Gasteiger partial charge is 0.126 e. The molecule has 0 spiro atoms. The van der Waals surface area contributed by atoms with Gasteiger partial charge in [0.15, 0.2) is 0 Å². The van der Waals surface area contributed by atoms with Crippen molar-refractivity contribution >= 4 is 11.8 Å². The minimum Gasteiger partial charge on any atom is -0.309 e. The Morgan fingerprint density at radius 2 is 2.28 bits per heavy atom. The second-order valence-electron chi connectivity index (χ2n) is 4.95. The van der Waals surface area contributed by atoms with Crippen molar-refractivity contribution in [3.8, 4) is 0 Å². The lowest BCUT2D eigenvalue weighted by molar-refractivity contribution is 0.490. The fourth-order valence-electron chi connectivity index (χ4n) is 2.57. The molecule has 0 saturated carbocycles. The summed E-state index contributed by atoms with van der Waals surface area (Å²) in [6.45, 7) is 4.94. The predicted octanol–water partition coefficient (Wildman–Crippen LogP) is 4.07. The molecule has 1 aliphatic heterocycles. The SMILES string of the molecule is CCNC(c1ccc(F)c(C)c1)C1CCCCS1. The highest BCUT2D eigenvalue weighted by atomic mass is 32.2. The third-order valence-corrected chi connectivity index (χ3v) is 5.01. The first-order valence-electron chi connectivity index (χ1n) is 6.83. The molecule has 0 aliphatic carbocycles. The van der Waals surface area contributed by atoms with Crippen molar-refractivity contribution < 1.29 is 4.39 Å². The zero-order chi connectivity index (χ0) is 13.0. The Morgan fingerprint density at radius 3 is 2.89 bits per heavy atom. The van der Waals surface area contributed by atoms with Gasteiger partial charge in [0, 0.05) is 11.3 Å². The molecule has 100 valence electrons. The van der Waals surface area contributed by atoms with Gasteiger partial charge in [-0.05, 0) is 49.3 Å². The molecular formula is C15H22FNS. The van der Waals surface area contributed by atoms with Crippen LogP contribution in [-0.2, 0) is 0 Å². The van der Waals surface area contributed by atoms with Gasteiger partial charge in [0.1, 0.15) is 5.82 Å². The van der Waals surface area contributed by atoms with Crippen LogP contribution in [0.4, 0.5) is 4.39 Å². The van der Waals surface area contributed by atoms with E-state index in [9.17, 15) is 4.39 Å². The quantitative estimate of drug-likeness (QED) is 0.882. The summed E-state index contributed by atoms with van der Waals surface area (Å²) in [5.74, 6) is 1.15. The molecule has 0 bridgehead atoms. The molecule has 2 unspecified atom stereocenters. The molecule has 1 aliphatic rings. The highest BCUT2D eigenvalue weighted by molar-refractivity contribution is 8.00. The highest BCUT2D eigenvalue weighted by Gasteiger charge is 2.25. The third kappa shape index (κ3) is 3.27. The van der Waals surface area contributed by atoms with Crippen LogP contribution in [0.5, 0.6) is 0 Å². The molecule has 1 fully saturated rings. The largest absolute Gasteiger partial charge is 0.309 e. The van der Waals surface area contributed by atoms with E-state index in [0.717, 1.165) is 12.1 Å². The lowest BCUT2D eigenvalue weighted by atomic mass is 9.98. The van der Waals surface area contributed by atoms with E-state index in [4.69, 9.17) is 0 Å². The van der Waals surface area contributed by atoms with Crippen molar-refractivity contribution in [2.75, 3.05) is 12.3 Å². The fraction of sp³-hybridized carbons (Fsp3) is 0.600. The normalized spacial score (nSPS) is 21.8. The number of halogens is 1. The van der Waals surface area contributed by atoms with Gasteiger partial charge in [0.2, 0.25) is 0 Å². The zero-order valence-electron chi connectivity index (χ0n) is 11.2. The molecule has 3 heteroatoms. The molecule has 2 atom stereocenters. The first-order chi connectivity index (χ1) is 8.72. The number of rotatable bonds is 4. The van der Waals surface area contributed by atoms with Crippen molar-refractivity contribution in [3.05, 3.63) is 35.1 Å². The first kappa shape index (κ1) is 13.9. The van der Waals surface area contributed by atoms with Crippen molar-refractivity contribution in [2.45, 2.75) is 44.4 Å². The summed E-state index contributed by atoms with van der Waals surface area (Å²) in [7, 11) is 0. The monoisotopic (exact) mass is 267 g/mol. The van der Waals surface area contributed by atoms with Crippen LogP contribution in [0, 0.1) is 12.7 Å². The summed E-state index contributed by atoms with van der Waals surface area (Å²) >= 11 is 2.06. The van der Waals surface area contributed by atoms with Gasteiger partial charge >= 0.3 is 0 Å². The summed E-state index contributed by atoms with van der Waals surface area (Å²) in [5.41, 5.74) is 1.98. The average molecular weight is 267 g/mol. The van der Waals surface area contributed by atoms with Crippen LogP contribution < -0.4 is 5.32 Å². The van der Waals surface area contributed by atoms with Crippen molar-refractivity contribution in [1.82, 2.24) is 5.32 Å². The molecule has 1 nitrogen and oxygen atoms in total. The van der Waals surface area contributed by atoms with Crippen LogP contribution in [-0.4, -0.2) is 17.5 Å². The molecule has 1 saturated heterocycles. The van der Waals surface area contributed by atoms with Crippen molar-refractivity contribution in [3.63, 3.8) is 0 Å². The second-order valence-corrected chi connectivity index (χ2v) is 6.30. The number of aryl methyl sites for hydroxylation is 1. The molecule has 1 aromatic rings. The minimum absolute atomic E-state index is 0.106. The third-order valence-electron chi connectivity index (χ3n) is 3.55. The van der Waals surface area contributed by atoms with E-state index in [2.05, 4.69) is 24.0 Å². The number of thioether (sulfide) groups is 1. The molecular weight excluding hydrogens is 245 g/mol. The Balaban J connectivity index is 2.19. The van der Waals surface area contributed by atoms with Gasteiger partial charge < -0.3 is 5.32 Å². The van der Waals surface area contributed by atoms with Gasteiger partial charge in [-0.2, -0.15) is 11.8 Å². The van der Waals surface area contributed by atoms with Crippen LogP contribution in [0.3, 0.4) is 0 Å².